The lowest BCUT2D eigenvalue weighted by atomic mass is 10.2. The number of hydrogen-bond donors (Lipinski definition) is 0. The number of likely N-dealkylation sites (tertiary alicyclic amines) is 1. The summed E-state index contributed by atoms with van der Waals surface area (Å²) in [7, 11) is 0. The van der Waals surface area contributed by atoms with E-state index < -0.39 is 0 Å². The van der Waals surface area contributed by atoms with Gasteiger partial charge in [-0.05, 0) is 18.2 Å². The number of carbonyl (C=O) groups excluding carboxylic acids is 2. The zero-order valence-electron chi connectivity index (χ0n) is 9.76. The van der Waals surface area contributed by atoms with Crippen LogP contribution in [0.2, 0.25) is 0 Å². The van der Waals surface area contributed by atoms with Gasteiger partial charge in [0.15, 0.2) is 0 Å². The van der Waals surface area contributed by atoms with Gasteiger partial charge in [0, 0.05) is 12.8 Å². The smallest absolute Gasteiger partial charge is 0.229 e. The van der Waals surface area contributed by atoms with Crippen molar-refractivity contribution in [2.24, 2.45) is 0 Å². The molecule has 1 aliphatic heterocycles. The maximum atomic E-state index is 11.3. The highest BCUT2D eigenvalue weighted by Crippen LogP contribution is 2.14. The molecular formula is C13H12N2O3. The largest absolute Gasteiger partial charge is 0.492 e. The summed E-state index contributed by atoms with van der Waals surface area (Å²) >= 11 is 0. The fourth-order valence-corrected chi connectivity index (χ4v) is 1.78. The molecule has 1 aliphatic rings. The highest BCUT2D eigenvalue weighted by Gasteiger charge is 2.28. The van der Waals surface area contributed by atoms with E-state index in [1.807, 2.05) is 6.07 Å². The topological polar surface area (TPSA) is 70.4 Å². The molecule has 1 fully saturated rings. The summed E-state index contributed by atoms with van der Waals surface area (Å²) in [6, 6.07) is 8.77. The van der Waals surface area contributed by atoms with Crippen LogP contribution in [0, 0.1) is 11.3 Å². The third kappa shape index (κ3) is 2.66. The van der Waals surface area contributed by atoms with Crippen molar-refractivity contribution in [2.45, 2.75) is 12.8 Å². The lowest BCUT2D eigenvalue weighted by molar-refractivity contribution is -0.138. The van der Waals surface area contributed by atoms with Crippen LogP contribution in [0.25, 0.3) is 0 Å². The SMILES string of the molecule is N#Cc1cccc(OCCN2C(=O)CCC2=O)c1. The van der Waals surface area contributed by atoms with E-state index in [0.717, 1.165) is 0 Å². The summed E-state index contributed by atoms with van der Waals surface area (Å²) < 4.78 is 5.41. The van der Waals surface area contributed by atoms with Gasteiger partial charge in [-0.1, -0.05) is 6.07 Å². The molecule has 18 heavy (non-hydrogen) atoms. The predicted octanol–water partition coefficient (Wildman–Crippen LogP) is 1.09. The Bertz CT molecular complexity index is 503. The molecule has 1 heterocycles. The van der Waals surface area contributed by atoms with E-state index in [1.54, 1.807) is 24.3 Å². The van der Waals surface area contributed by atoms with Crippen molar-refractivity contribution in [3.05, 3.63) is 29.8 Å². The molecule has 0 N–H and O–H groups in total. The van der Waals surface area contributed by atoms with Crippen molar-refractivity contribution in [3.8, 4) is 11.8 Å². The summed E-state index contributed by atoms with van der Waals surface area (Å²) in [6.07, 6.45) is 0.589. The van der Waals surface area contributed by atoms with E-state index in [0.29, 0.717) is 24.2 Å². The van der Waals surface area contributed by atoms with E-state index >= 15 is 0 Å². The summed E-state index contributed by atoms with van der Waals surface area (Å²) in [6.45, 7) is 0.501. The molecule has 0 radical (unpaired) electrons. The Labute approximate surface area is 105 Å². The average Bonchev–Trinajstić information content (AvgIpc) is 2.70. The number of amides is 2. The number of carbonyl (C=O) groups is 2. The van der Waals surface area contributed by atoms with Crippen LogP contribution in [-0.4, -0.2) is 29.9 Å². The molecule has 0 atom stereocenters. The van der Waals surface area contributed by atoms with E-state index in [1.165, 1.54) is 4.90 Å². The minimum Gasteiger partial charge on any atom is -0.492 e. The fourth-order valence-electron chi connectivity index (χ4n) is 1.78. The van der Waals surface area contributed by atoms with E-state index in [9.17, 15) is 9.59 Å². The first-order chi connectivity index (χ1) is 8.70. The lowest BCUT2D eigenvalue weighted by Gasteiger charge is -2.14. The minimum absolute atomic E-state index is 0.144. The molecule has 0 unspecified atom stereocenters. The summed E-state index contributed by atoms with van der Waals surface area (Å²) in [5.74, 6) is 0.275. The van der Waals surface area contributed by atoms with E-state index in [-0.39, 0.29) is 25.0 Å². The van der Waals surface area contributed by atoms with Crippen molar-refractivity contribution in [1.82, 2.24) is 4.90 Å². The Balaban J connectivity index is 1.87. The first-order valence-corrected chi connectivity index (χ1v) is 5.67. The molecule has 0 spiro atoms. The standard InChI is InChI=1S/C13H12N2O3/c14-9-10-2-1-3-11(8-10)18-7-6-15-12(16)4-5-13(15)17/h1-3,8H,4-7H2. The van der Waals surface area contributed by atoms with Crippen molar-refractivity contribution >= 4 is 11.8 Å². The molecule has 2 rings (SSSR count). The molecule has 1 aromatic carbocycles. The van der Waals surface area contributed by atoms with Crippen LogP contribution in [0.3, 0.4) is 0 Å². The molecule has 92 valence electrons. The van der Waals surface area contributed by atoms with Gasteiger partial charge in [-0.3, -0.25) is 14.5 Å². The van der Waals surface area contributed by atoms with Crippen LogP contribution in [0.4, 0.5) is 0 Å². The molecule has 1 aromatic rings. The number of nitrogens with zero attached hydrogens (tertiary/aromatic N) is 2. The third-order valence-corrected chi connectivity index (χ3v) is 2.70. The second kappa shape index (κ2) is 5.32. The van der Waals surface area contributed by atoms with Crippen molar-refractivity contribution < 1.29 is 14.3 Å². The van der Waals surface area contributed by atoms with Crippen LogP contribution < -0.4 is 4.74 Å². The second-order valence-electron chi connectivity index (χ2n) is 3.93. The maximum absolute atomic E-state index is 11.3. The van der Waals surface area contributed by atoms with Crippen molar-refractivity contribution in [1.29, 1.82) is 5.26 Å². The molecule has 0 aliphatic carbocycles. The van der Waals surface area contributed by atoms with Crippen LogP contribution in [0.5, 0.6) is 5.75 Å². The molecular weight excluding hydrogens is 232 g/mol. The zero-order valence-corrected chi connectivity index (χ0v) is 9.76. The summed E-state index contributed by atoms with van der Waals surface area (Å²) in [5.41, 5.74) is 0.515. The van der Waals surface area contributed by atoms with Crippen molar-refractivity contribution in [2.75, 3.05) is 13.2 Å². The molecule has 2 amide bonds. The minimum atomic E-state index is -0.144. The van der Waals surface area contributed by atoms with Crippen LogP contribution in [0.15, 0.2) is 24.3 Å². The van der Waals surface area contributed by atoms with Gasteiger partial charge in [0.05, 0.1) is 18.2 Å². The first kappa shape index (κ1) is 12.1. The summed E-state index contributed by atoms with van der Waals surface area (Å²) in [5, 5.41) is 8.73. The molecule has 0 bridgehead atoms. The first-order valence-electron chi connectivity index (χ1n) is 5.67. The molecule has 5 heteroatoms. The Kier molecular flexibility index (Phi) is 3.58. The van der Waals surface area contributed by atoms with Gasteiger partial charge >= 0.3 is 0 Å². The number of hydrogen-bond acceptors (Lipinski definition) is 4. The van der Waals surface area contributed by atoms with E-state index in [4.69, 9.17) is 10.00 Å². The van der Waals surface area contributed by atoms with Gasteiger partial charge < -0.3 is 4.74 Å². The monoisotopic (exact) mass is 244 g/mol. The van der Waals surface area contributed by atoms with Gasteiger partial charge in [0.2, 0.25) is 11.8 Å². The van der Waals surface area contributed by atoms with Gasteiger partial charge in [0.1, 0.15) is 12.4 Å². The number of rotatable bonds is 4. The van der Waals surface area contributed by atoms with Gasteiger partial charge in [-0.25, -0.2) is 0 Å². The molecule has 0 saturated carbocycles. The normalized spacial score (nSPS) is 14.7. The van der Waals surface area contributed by atoms with Gasteiger partial charge in [-0.15, -0.1) is 0 Å². The number of nitriles is 1. The zero-order chi connectivity index (χ0) is 13.0. The fraction of sp³-hybridized carbons (Fsp3) is 0.308. The average molecular weight is 244 g/mol. The van der Waals surface area contributed by atoms with Gasteiger partial charge in [-0.2, -0.15) is 5.26 Å². The Hall–Kier alpha value is -2.35. The van der Waals surface area contributed by atoms with Crippen molar-refractivity contribution in [3.63, 3.8) is 0 Å². The second-order valence-corrected chi connectivity index (χ2v) is 3.93. The Morgan fingerprint density at radius 1 is 1.28 bits per heavy atom. The highest BCUT2D eigenvalue weighted by atomic mass is 16.5. The predicted molar refractivity (Wildman–Crippen MR) is 62.6 cm³/mol. The van der Waals surface area contributed by atoms with Crippen LogP contribution >= 0.6 is 0 Å². The Morgan fingerprint density at radius 2 is 2.00 bits per heavy atom. The Morgan fingerprint density at radius 3 is 2.67 bits per heavy atom. The van der Waals surface area contributed by atoms with Gasteiger partial charge in [0.25, 0.3) is 0 Å². The number of imide groups is 1. The lowest BCUT2D eigenvalue weighted by Crippen LogP contribution is -2.33. The third-order valence-electron chi connectivity index (χ3n) is 2.70. The summed E-state index contributed by atoms with van der Waals surface area (Å²) in [4.78, 5) is 23.9. The van der Waals surface area contributed by atoms with E-state index in [2.05, 4.69) is 0 Å². The molecule has 5 nitrogen and oxygen atoms in total. The maximum Gasteiger partial charge on any atom is 0.229 e. The highest BCUT2D eigenvalue weighted by molar-refractivity contribution is 6.01. The van der Waals surface area contributed by atoms with Crippen LogP contribution in [0.1, 0.15) is 18.4 Å². The number of ether oxygens (including phenoxy) is 1. The van der Waals surface area contributed by atoms with Crippen LogP contribution in [-0.2, 0) is 9.59 Å². The molecule has 1 saturated heterocycles. The molecule has 0 aromatic heterocycles. The number of benzene rings is 1. The quantitative estimate of drug-likeness (QED) is 0.743.